The third kappa shape index (κ3) is 4.91. The van der Waals surface area contributed by atoms with Gasteiger partial charge in [0, 0.05) is 39.4 Å². The van der Waals surface area contributed by atoms with Crippen LogP contribution in [0.15, 0.2) is 206 Å². The Morgan fingerprint density at radius 1 is 0.400 bits per heavy atom. The van der Waals surface area contributed by atoms with Gasteiger partial charge in [-0.2, -0.15) is 8.78 Å². The van der Waals surface area contributed by atoms with Crippen molar-refractivity contribution in [3.63, 3.8) is 0 Å². The van der Waals surface area contributed by atoms with Crippen LogP contribution in [0.25, 0.3) is 67.5 Å². The minimum atomic E-state index is -3.27. The maximum Gasteiger partial charge on any atom is 0.299 e. The first-order valence-corrected chi connectivity index (χ1v) is 22.1. The molecule has 6 heteroatoms. The van der Waals surface area contributed by atoms with Crippen LogP contribution in [0.1, 0.15) is 44.9 Å². The number of nitrogens with zero attached hydrogens (tertiary/aromatic N) is 4. The molecule has 0 bridgehead atoms. The maximum atomic E-state index is 17.2. The van der Waals surface area contributed by atoms with E-state index in [0.29, 0.717) is 34.2 Å². The summed E-state index contributed by atoms with van der Waals surface area (Å²) in [6.07, 6.45) is 9.00. The van der Waals surface area contributed by atoms with Crippen LogP contribution in [0.2, 0.25) is 0 Å². The molecule has 0 saturated heterocycles. The molecule has 0 saturated carbocycles. The van der Waals surface area contributed by atoms with E-state index in [0.717, 1.165) is 27.8 Å². The molecule has 3 atom stereocenters. The fraction of sp³-hybridized carbons (Fsp3) is 0.0678. The molecule has 3 heterocycles. The molecule has 65 heavy (non-hydrogen) atoms. The number of para-hydroxylation sites is 2. The molecule has 0 fully saturated rings. The number of fused-ring (bicyclic) bond motifs is 15. The topological polar surface area (TPSA) is 41.9 Å². The Morgan fingerprint density at radius 3 is 1.60 bits per heavy atom. The molecule has 2 aliphatic heterocycles. The van der Waals surface area contributed by atoms with Gasteiger partial charge in [-0.25, -0.2) is 15.0 Å². The summed E-state index contributed by atoms with van der Waals surface area (Å²) in [7, 11) is 0. The van der Waals surface area contributed by atoms with Crippen molar-refractivity contribution in [3.8, 4) is 67.5 Å². The number of benzene rings is 8. The highest BCUT2D eigenvalue weighted by Gasteiger charge is 2.55. The second-order valence-corrected chi connectivity index (χ2v) is 17.6. The van der Waals surface area contributed by atoms with Gasteiger partial charge < -0.3 is 4.90 Å². The Labute approximate surface area is 374 Å². The number of hydrogen-bond acceptors (Lipinski definition) is 4. The summed E-state index contributed by atoms with van der Waals surface area (Å²) in [4.78, 5) is 17.0. The number of rotatable bonds is 4. The normalized spacial score (nSPS) is 19.3. The van der Waals surface area contributed by atoms with Gasteiger partial charge in [0.05, 0.1) is 17.1 Å². The van der Waals surface area contributed by atoms with E-state index in [1.54, 1.807) is 18.2 Å². The van der Waals surface area contributed by atoms with Crippen molar-refractivity contribution >= 4 is 11.4 Å². The van der Waals surface area contributed by atoms with Crippen molar-refractivity contribution in [2.45, 2.75) is 23.3 Å². The quantitative estimate of drug-likeness (QED) is 0.177. The molecule has 306 valence electrons. The van der Waals surface area contributed by atoms with E-state index in [-0.39, 0.29) is 23.1 Å². The zero-order valence-electron chi connectivity index (χ0n) is 34.8. The van der Waals surface area contributed by atoms with E-state index in [1.807, 2.05) is 78.9 Å². The van der Waals surface area contributed by atoms with Crippen molar-refractivity contribution in [1.29, 1.82) is 0 Å². The van der Waals surface area contributed by atoms with Crippen LogP contribution < -0.4 is 4.90 Å². The standard InChI is InChI=1S/C59H36F2N4/c60-59(61)50-33-38(27-30-42(50)43-31-28-39(34-51(43)59)57-63-55(35-14-3-1-4-15-35)62-56(64-57)36-16-5-2-6-17-36)37-26-29-41-40-18-7-9-21-46(40)58(49(41)32-37)47-22-10-12-25-53(47)65-52-24-11-8-19-44(52)45-20-13-23-48(58)54(45)65/h1-34,44,52H. The zero-order valence-corrected chi connectivity index (χ0v) is 34.8. The predicted molar refractivity (Wildman–Crippen MR) is 254 cm³/mol. The molecule has 14 rings (SSSR count). The van der Waals surface area contributed by atoms with E-state index in [4.69, 9.17) is 15.0 Å². The second kappa shape index (κ2) is 13.2. The maximum absolute atomic E-state index is 17.2. The monoisotopic (exact) mass is 838 g/mol. The summed E-state index contributed by atoms with van der Waals surface area (Å²) in [5.74, 6) is -1.73. The van der Waals surface area contributed by atoms with Gasteiger partial charge in [0.15, 0.2) is 17.5 Å². The predicted octanol–water partition coefficient (Wildman–Crippen LogP) is 14.1. The van der Waals surface area contributed by atoms with Crippen molar-refractivity contribution in [3.05, 3.63) is 245 Å². The number of anilines is 2. The molecule has 3 aliphatic carbocycles. The van der Waals surface area contributed by atoms with Crippen molar-refractivity contribution < 1.29 is 8.78 Å². The number of aromatic nitrogens is 3. The van der Waals surface area contributed by atoms with E-state index >= 15 is 8.78 Å². The number of halogens is 2. The van der Waals surface area contributed by atoms with Gasteiger partial charge >= 0.3 is 0 Å². The molecular weight excluding hydrogens is 803 g/mol. The lowest BCUT2D eigenvalue weighted by Gasteiger charge is -2.45. The first-order valence-electron chi connectivity index (χ1n) is 22.1. The van der Waals surface area contributed by atoms with Gasteiger partial charge in [-0.15, -0.1) is 0 Å². The summed E-state index contributed by atoms with van der Waals surface area (Å²) < 4.78 is 34.3. The minimum absolute atomic E-state index is 0.00510. The van der Waals surface area contributed by atoms with Gasteiger partial charge in [0.1, 0.15) is 0 Å². The van der Waals surface area contributed by atoms with Gasteiger partial charge in [-0.1, -0.05) is 182 Å². The van der Waals surface area contributed by atoms with E-state index in [9.17, 15) is 0 Å². The molecular formula is C59H36F2N4. The first-order chi connectivity index (χ1) is 32.0. The summed E-state index contributed by atoms with van der Waals surface area (Å²) in [5.41, 5.74) is 15.2. The molecule has 8 aromatic carbocycles. The highest BCUT2D eigenvalue weighted by Crippen LogP contribution is 2.66. The van der Waals surface area contributed by atoms with Crippen LogP contribution in [0.4, 0.5) is 20.2 Å². The largest absolute Gasteiger partial charge is 0.333 e. The average Bonchev–Trinajstić information content (AvgIpc) is 3.94. The zero-order chi connectivity index (χ0) is 43.0. The van der Waals surface area contributed by atoms with Crippen LogP contribution in [-0.2, 0) is 11.3 Å². The Balaban J connectivity index is 0.902. The smallest absolute Gasteiger partial charge is 0.299 e. The molecule has 9 aromatic rings. The van der Waals surface area contributed by atoms with E-state index in [1.165, 1.54) is 44.8 Å². The van der Waals surface area contributed by atoms with Gasteiger partial charge in [0.25, 0.3) is 5.92 Å². The van der Waals surface area contributed by atoms with Gasteiger partial charge in [-0.3, -0.25) is 0 Å². The number of hydrogen-bond donors (Lipinski definition) is 0. The Bertz CT molecular complexity index is 3500. The Morgan fingerprint density at radius 2 is 0.908 bits per heavy atom. The molecule has 0 amide bonds. The van der Waals surface area contributed by atoms with Crippen molar-refractivity contribution in [2.75, 3.05) is 4.90 Å². The molecule has 1 spiro atoms. The fourth-order valence-corrected chi connectivity index (χ4v) is 11.6. The fourth-order valence-electron chi connectivity index (χ4n) is 11.6. The molecule has 5 aliphatic rings. The van der Waals surface area contributed by atoms with Crippen molar-refractivity contribution in [1.82, 2.24) is 15.0 Å². The molecule has 4 nitrogen and oxygen atoms in total. The summed E-state index contributed by atoms with van der Waals surface area (Å²) in [5, 5.41) is 0. The van der Waals surface area contributed by atoms with Crippen LogP contribution >= 0.6 is 0 Å². The lowest BCUT2D eigenvalue weighted by atomic mass is 9.64. The lowest BCUT2D eigenvalue weighted by Crippen LogP contribution is -2.39. The Kier molecular flexibility index (Phi) is 7.40. The number of alkyl halides is 2. The highest BCUT2D eigenvalue weighted by molar-refractivity contribution is 5.97. The first kappa shape index (κ1) is 36.4. The van der Waals surface area contributed by atoms with Gasteiger partial charge in [-0.05, 0) is 85.5 Å². The van der Waals surface area contributed by atoms with E-state index < -0.39 is 11.3 Å². The average molecular weight is 839 g/mol. The molecule has 3 unspecified atom stereocenters. The minimum Gasteiger partial charge on any atom is -0.333 e. The van der Waals surface area contributed by atoms with Crippen LogP contribution in [0.3, 0.4) is 0 Å². The highest BCUT2D eigenvalue weighted by atomic mass is 19.3. The summed E-state index contributed by atoms with van der Waals surface area (Å²) in [6.45, 7) is 0. The lowest BCUT2D eigenvalue weighted by molar-refractivity contribution is 0.0481. The molecule has 0 N–H and O–H groups in total. The second-order valence-electron chi connectivity index (χ2n) is 17.6. The van der Waals surface area contributed by atoms with Crippen LogP contribution in [0, 0.1) is 0 Å². The van der Waals surface area contributed by atoms with Crippen molar-refractivity contribution in [2.24, 2.45) is 0 Å². The van der Waals surface area contributed by atoms with Crippen LogP contribution in [0.5, 0.6) is 0 Å². The van der Waals surface area contributed by atoms with E-state index in [2.05, 4.69) is 114 Å². The molecule has 0 radical (unpaired) electrons. The van der Waals surface area contributed by atoms with Gasteiger partial charge in [0.2, 0.25) is 0 Å². The third-order valence-electron chi connectivity index (χ3n) is 14.4. The Hall–Kier alpha value is -8.09. The number of allylic oxidation sites excluding steroid dienone is 2. The molecule has 1 aromatic heterocycles. The van der Waals surface area contributed by atoms with Crippen LogP contribution in [-0.4, -0.2) is 21.0 Å². The summed E-state index contributed by atoms with van der Waals surface area (Å²) >= 11 is 0. The SMILES string of the molecule is FC1(F)c2cc(-c3ccc4c(c3)C3(c5ccccc5-4)c4ccccc4N4c5c(cccc53)C3C=CC=CC34)ccc2-c2ccc(-c3nc(-c4ccccc4)nc(-c4ccccc4)n3)cc21. The summed E-state index contributed by atoms with van der Waals surface area (Å²) in [6, 6.07) is 61.4. The third-order valence-corrected chi connectivity index (χ3v) is 14.4.